The van der Waals surface area contributed by atoms with Gasteiger partial charge in [0.25, 0.3) is 10.0 Å². The summed E-state index contributed by atoms with van der Waals surface area (Å²) in [6.45, 7) is 8.97. The highest BCUT2D eigenvalue weighted by Gasteiger charge is 2.33. The van der Waals surface area contributed by atoms with Crippen molar-refractivity contribution in [2.45, 2.75) is 52.1 Å². The Morgan fingerprint density at radius 1 is 0.947 bits per heavy atom. The first-order valence-electron chi connectivity index (χ1n) is 12.4. The molecule has 0 unspecified atom stereocenters. The maximum Gasteiger partial charge on any atom is 0.264 e. The van der Waals surface area contributed by atoms with Gasteiger partial charge in [0.1, 0.15) is 12.6 Å². The molecule has 0 fully saturated rings. The normalized spacial score (nSPS) is 12.1. The molecule has 0 aliphatic rings. The predicted octanol–water partition coefficient (Wildman–Crippen LogP) is 5.01. The van der Waals surface area contributed by atoms with Gasteiger partial charge in [0.15, 0.2) is 0 Å². The van der Waals surface area contributed by atoms with Crippen LogP contribution in [0.15, 0.2) is 71.6 Å². The average molecular weight is 556 g/mol. The van der Waals surface area contributed by atoms with Gasteiger partial charge in [0.2, 0.25) is 11.8 Å². The van der Waals surface area contributed by atoms with Crippen LogP contribution in [-0.4, -0.2) is 44.3 Å². The van der Waals surface area contributed by atoms with Crippen LogP contribution in [0, 0.1) is 20.8 Å². The van der Waals surface area contributed by atoms with Crippen molar-refractivity contribution in [2.24, 2.45) is 0 Å². The molecule has 9 heteroatoms. The zero-order valence-electron chi connectivity index (χ0n) is 22.4. The van der Waals surface area contributed by atoms with E-state index in [0.29, 0.717) is 22.8 Å². The number of aryl methyl sites for hydroxylation is 3. The van der Waals surface area contributed by atoms with Crippen LogP contribution >= 0.6 is 11.6 Å². The third-order valence-corrected chi connectivity index (χ3v) is 8.29. The maximum absolute atomic E-state index is 13.9. The molecule has 0 radical (unpaired) electrons. The van der Waals surface area contributed by atoms with E-state index in [1.807, 2.05) is 32.0 Å². The van der Waals surface area contributed by atoms with Crippen LogP contribution < -0.4 is 9.62 Å². The highest BCUT2D eigenvalue weighted by molar-refractivity contribution is 7.92. The van der Waals surface area contributed by atoms with Crippen molar-refractivity contribution >= 4 is 39.1 Å². The van der Waals surface area contributed by atoms with E-state index in [0.717, 1.165) is 21.0 Å². The van der Waals surface area contributed by atoms with Gasteiger partial charge in [-0.15, -0.1) is 0 Å². The number of hydrogen-bond donors (Lipinski definition) is 1. The van der Waals surface area contributed by atoms with E-state index in [9.17, 15) is 18.0 Å². The minimum absolute atomic E-state index is 0.0787. The summed E-state index contributed by atoms with van der Waals surface area (Å²) in [6, 6.07) is 18.2. The van der Waals surface area contributed by atoms with Crippen molar-refractivity contribution in [3.05, 3.63) is 94.0 Å². The van der Waals surface area contributed by atoms with Gasteiger partial charge in [0.05, 0.1) is 10.6 Å². The van der Waals surface area contributed by atoms with Crippen molar-refractivity contribution in [1.29, 1.82) is 0 Å². The molecule has 0 spiro atoms. The number of rotatable bonds is 10. The van der Waals surface area contributed by atoms with Gasteiger partial charge in [-0.3, -0.25) is 13.9 Å². The summed E-state index contributed by atoms with van der Waals surface area (Å²) in [5.41, 5.74) is 3.61. The molecule has 202 valence electrons. The fraction of sp³-hybridized carbons (Fsp3) is 0.310. The Bertz CT molecular complexity index is 1410. The minimum Gasteiger partial charge on any atom is -0.355 e. The highest BCUT2D eigenvalue weighted by atomic mass is 35.5. The van der Waals surface area contributed by atoms with E-state index in [1.165, 1.54) is 17.0 Å². The Labute approximate surface area is 230 Å². The first-order valence-corrected chi connectivity index (χ1v) is 14.2. The number of anilines is 1. The zero-order valence-corrected chi connectivity index (χ0v) is 23.9. The number of hydrogen-bond acceptors (Lipinski definition) is 4. The first kappa shape index (κ1) is 29.2. The lowest BCUT2D eigenvalue weighted by molar-refractivity contribution is -0.139. The van der Waals surface area contributed by atoms with Crippen LogP contribution in [0.25, 0.3) is 0 Å². The average Bonchev–Trinajstić information content (AvgIpc) is 2.87. The lowest BCUT2D eigenvalue weighted by atomic mass is 10.1. The molecule has 2 amide bonds. The Hall–Kier alpha value is -3.36. The largest absolute Gasteiger partial charge is 0.355 e. The molecule has 0 aliphatic carbocycles. The Morgan fingerprint density at radius 2 is 1.61 bits per heavy atom. The fourth-order valence-electron chi connectivity index (χ4n) is 4.08. The smallest absolute Gasteiger partial charge is 0.264 e. The van der Waals surface area contributed by atoms with Gasteiger partial charge in [0, 0.05) is 18.1 Å². The molecule has 0 aliphatic heterocycles. The summed E-state index contributed by atoms with van der Waals surface area (Å²) < 4.78 is 29.0. The summed E-state index contributed by atoms with van der Waals surface area (Å²) in [6.07, 6.45) is 0. The summed E-state index contributed by atoms with van der Waals surface area (Å²) in [5, 5.41) is 3.25. The van der Waals surface area contributed by atoms with Gasteiger partial charge in [-0.05, 0) is 81.6 Å². The number of amides is 2. The molecule has 0 heterocycles. The number of benzene rings is 3. The SMILES string of the molecule is CCNC(=O)[C@H](C)N(Cc1cccc(Cl)c1)C(=O)CN(c1cc(C)ccc1C)S(=O)(=O)c1ccc(C)cc1. The van der Waals surface area contributed by atoms with Crippen molar-refractivity contribution in [3.8, 4) is 0 Å². The van der Waals surface area contributed by atoms with Gasteiger partial charge in [-0.1, -0.05) is 53.6 Å². The Balaban J connectivity index is 2.08. The number of nitrogens with zero attached hydrogens (tertiary/aromatic N) is 2. The topological polar surface area (TPSA) is 86.8 Å². The summed E-state index contributed by atoms with van der Waals surface area (Å²) in [4.78, 5) is 28.2. The fourth-order valence-corrected chi connectivity index (χ4v) is 5.76. The van der Waals surface area contributed by atoms with Crippen molar-refractivity contribution < 1.29 is 18.0 Å². The number of likely N-dealkylation sites (N-methyl/N-ethyl adjacent to an activating group) is 1. The lowest BCUT2D eigenvalue weighted by Crippen LogP contribution is -2.51. The van der Waals surface area contributed by atoms with E-state index in [-0.39, 0.29) is 17.3 Å². The monoisotopic (exact) mass is 555 g/mol. The molecule has 0 aromatic heterocycles. The van der Waals surface area contributed by atoms with Crippen LogP contribution in [-0.2, 0) is 26.2 Å². The van der Waals surface area contributed by atoms with Crippen molar-refractivity contribution in [3.63, 3.8) is 0 Å². The molecule has 0 saturated heterocycles. The second kappa shape index (κ2) is 12.5. The second-order valence-electron chi connectivity index (χ2n) is 9.34. The van der Waals surface area contributed by atoms with E-state index in [4.69, 9.17) is 11.6 Å². The Morgan fingerprint density at radius 3 is 2.24 bits per heavy atom. The summed E-state index contributed by atoms with van der Waals surface area (Å²) in [5.74, 6) is -0.845. The third-order valence-electron chi connectivity index (χ3n) is 6.28. The van der Waals surface area contributed by atoms with E-state index in [2.05, 4.69) is 5.32 Å². The zero-order chi connectivity index (χ0) is 28.0. The molecule has 1 N–H and O–H groups in total. The molecule has 38 heavy (non-hydrogen) atoms. The van der Waals surface area contributed by atoms with Gasteiger partial charge in [-0.25, -0.2) is 8.42 Å². The maximum atomic E-state index is 13.9. The standard InChI is InChI=1S/C29H34ClN3O4S/c1-6-31-29(35)23(5)32(18-24-8-7-9-25(30)17-24)28(34)19-33(27-16-21(3)10-13-22(27)4)38(36,37)26-14-11-20(2)12-15-26/h7-17,23H,6,18-19H2,1-5H3,(H,31,35)/t23-/m0/s1. The molecule has 3 rings (SSSR count). The second-order valence-corrected chi connectivity index (χ2v) is 11.6. The molecular formula is C29H34ClN3O4S. The minimum atomic E-state index is -4.11. The highest BCUT2D eigenvalue weighted by Crippen LogP contribution is 2.29. The van der Waals surface area contributed by atoms with E-state index in [1.54, 1.807) is 57.2 Å². The van der Waals surface area contributed by atoms with Gasteiger partial charge >= 0.3 is 0 Å². The number of sulfonamides is 1. The molecule has 3 aromatic rings. The van der Waals surface area contributed by atoms with E-state index >= 15 is 0 Å². The molecular weight excluding hydrogens is 522 g/mol. The predicted molar refractivity (Wildman–Crippen MR) is 152 cm³/mol. The number of halogens is 1. The van der Waals surface area contributed by atoms with Crippen molar-refractivity contribution in [2.75, 3.05) is 17.4 Å². The molecule has 0 saturated carbocycles. The van der Waals surface area contributed by atoms with Crippen LogP contribution in [0.4, 0.5) is 5.69 Å². The third kappa shape index (κ3) is 6.94. The quantitative estimate of drug-likeness (QED) is 0.381. The number of nitrogens with one attached hydrogen (secondary N) is 1. The van der Waals surface area contributed by atoms with Gasteiger partial charge in [-0.2, -0.15) is 0 Å². The van der Waals surface area contributed by atoms with Crippen LogP contribution in [0.5, 0.6) is 0 Å². The summed E-state index contributed by atoms with van der Waals surface area (Å²) in [7, 11) is -4.11. The molecule has 1 atom stereocenters. The first-order chi connectivity index (χ1) is 17.9. The lowest BCUT2D eigenvalue weighted by Gasteiger charge is -2.32. The summed E-state index contributed by atoms with van der Waals surface area (Å²) >= 11 is 6.16. The van der Waals surface area contributed by atoms with Crippen LogP contribution in [0.3, 0.4) is 0 Å². The van der Waals surface area contributed by atoms with Crippen LogP contribution in [0.2, 0.25) is 5.02 Å². The molecule has 7 nitrogen and oxygen atoms in total. The van der Waals surface area contributed by atoms with Crippen LogP contribution in [0.1, 0.15) is 36.1 Å². The number of carbonyl (C=O) groups is 2. The number of carbonyl (C=O) groups excluding carboxylic acids is 2. The molecule has 3 aromatic carbocycles. The van der Waals surface area contributed by atoms with E-state index < -0.39 is 28.5 Å². The van der Waals surface area contributed by atoms with Crippen molar-refractivity contribution in [1.82, 2.24) is 10.2 Å². The van der Waals surface area contributed by atoms with Gasteiger partial charge < -0.3 is 10.2 Å². The molecule has 0 bridgehead atoms. The Kier molecular flexibility index (Phi) is 9.57.